The lowest BCUT2D eigenvalue weighted by atomic mass is 10.1. The quantitative estimate of drug-likeness (QED) is 0.726. The molecular weight excluding hydrogens is 332 g/mol. The van der Waals surface area contributed by atoms with Gasteiger partial charge in [-0.1, -0.05) is 0 Å². The molecule has 6 heteroatoms. The lowest BCUT2D eigenvalue weighted by Gasteiger charge is -2.10. The number of aromatic hydroxyl groups is 1. The molecular formula is C20H22N2O4. The van der Waals surface area contributed by atoms with E-state index in [4.69, 9.17) is 14.2 Å². The molecule has 6 nitrogen and oxygen atoms in total. The summed E-state index contributed by atoms with van der Waals surface area (Å²) >= 11 is 0. The average molecular weight is 354 g/mol. The van der Waals surface area contributed by atoms with Crippen LogP contribution in [0.3, 0.4) is 0 Å². The van der Waals surface area contributed by atoms with E-state index in [9.17, 15) is 5.11 Å². The number of hydrogen-bond acceptors (Lipinski definition) is 5. The first-order valence-electron chi connectivity index (χ1n) is 8.28. The van der Waals surface area contributed by atoms with Crippen LogP contribution < -0.4 is 14.2 Å². The van der Waals surface area contributed by atoms with Crippen molar-refractivity contribution in [3.63, 3.8) is 0 Å². The number of phenols is 1. The van der Waals surface area contributed by atoms with Gasteiger partial charge in [0.25, 0.3) is 0 Å². The van der Waals surface area contributed by atoms with Crippen molar-refractivity contribution in [2.75, 3.05) is 21.3 Å². The topological polar surface area (TPSA) is 65.7 Å². The van der Waals surface area contributed by atoms with Crippen LogP contribution >= 0.6 is 0 Å². The van der Waals surface area contributed by atoms with Gasteiger partial charge in [0, 0.05) is 17.7 Å². The third-order valence-electron chi connectivity index (χ3n) is 4.24. The number of ether oxygens (including phenoxy) is 3. The fraction of sp³-hybridized carbons (Fsp3) is 0.250. The molecule has 0 spiro atoms. The van der Waals surface area contributed by atoms with Gasteiger partial charge in [-0.25, -0.2) is 0 Å². The smallest absolute Gasteiger partial charge is 0.161 e. The second-order valence-corrected chi connectivity index (χ2v) is 5.68. The maximum atomic E-state index is 10.2. The maximum absolute atomic E-state index is 10.2. The molecule has 0 bridgehead atoms. The predicted octanol–water partition coefficient (Wildman–Crippen LogP) is 3.97. The molecule has 0 aliphatic rings. The van der Waals surface area contributed by atoms with E-state index >= 15 is 0 Å². The highest BCUT2D eigenvalue weighted by molar-refractivity contribution is 5.74. The Balaban J connectivity index is 2.11. The molecule has 3 rings (SSSR count). The van der Waals surface area contributed by atoms with E-state index in [0.29, 0.717) is 35.1 Å². The number of nitrogens with zero attached hydrogens (tertiary/aromatic N) is 2. The van der Waals surface area contributed by atoms with E-state index in [-0.39, 0.29) is 5.75 Å². The summed E-state index contributed by atoms with van der Waals surface area (Å²) in [7, 11) is 4.81. The van der Waals surface area contributed by atoms with E-state index in [1.54, 1.807) is 39.5 Å². The number of aromatic nitrogens is 2. The van der Waals surface area contributed by atoms with E-state index in [1.807, 2.05) is 35.9 Å². The number of rotatable bonds is 6. The fourth-order valence-electron chi connectivity index (χ4n) is 2.86. The molecule has 0 radical (unpaired) electrons. The van der Waals surface area contributed by atoms with Crippen LogP contribution in [0.4, 0.5) is 0 Å². The molecule has 0 saturated heterocycles. The van der Waals surface area contributed by atoms with E-state index in [1.165, 1.54) is 0 Å². The summed E-state index contributed by atoms with van der Waals surface area (Å²) in [5, 5.41) is 14.9. The van der Waals surface area contributed by atoms with Crippen molar-refractivity contribution in [1.82, 2.24) is 9.78 Å². The second-order valence-electron chi connectivity index (χ2n) is 5.68. The van der Waals surface area contributed by atoms with Gasteiger partial charge < -0.3 is 19.3 Å². The molecule has 0 aliphatic carbocycles. The molecule has 0 amide bonds. The summed E-state index contributed by atoms with van der Waals surface area (Å²) < 4.78 is 17.9. The Bertz CT molecular complexity index is 918. The van der Waals surface area contributed by atoms with Gasteiger partial charge in [-0.15, -0.1) is 0 Å². The van der Waals surface area contributed by atoms with Gasteiger partial charge in [0.15, 0.2) is 11.5 Å². The Morgan fingerprint density at radius 3 is 2.35 bits per heavy atom. The maximum Gasteiger partial charge on any atom is 0.161 e. The molecule has 26 heavy (non-hydrogen) atoms. The van der Waals surface area contributed by atoms with E-state index < -0.39 is 0 Å². The van der Waals surface area contributed by atoms with Crippen molar-refractivity contribution in [1.29, 1.82) is 0 Å². The van der Waals surface area contributed by atoms with Crippen LogP contribution in [-0.4, -0.2) is 36.2 Å². The highest BCUT2D eigenvalue weighted by Crippen LogP contribution is 2.36. The third-order valence-corrected chi connectivity index (χ3v) is 4.24. The third kappa shape index (κ3) is 3.18. The first-order valence-corrected chi connectivity index (χ1v) is 8.28. The number of methoxy groups -OCH3 is 3. The van der Waals surface area contributed by atoms with Gasteiger partial charge in [0.1, 0.15) is 11.5 Å². The second kappa shape index (κ2) is 7.39. The summed E-state index contributed by atoms with van der Waals surface area (Å²) in [5.41, 5.74) is 3.17. The number of aryl methyl sites for hydroxylation is 1. The van der Waals surface area contributed by atoms with Gasteiger partial charge >= 0.3 is 0 Å². The zero-order valence-electron chi connectivity index (χ0n) is 15.3. The van der Waals surface area contributed by atoms with E-state index in [2.05, 4.69) is 5.10 Å². The van der Waals surface area contributed by atoms with Crippen LogP contribution in [0.1, 0.15) is 6.92 Å². The van der Waals surface area contributed by atoms with Crippen LogP contribution in [0, 0.1) is 0 Å². The Labute approximate surface area is 152 Å². The first kappa shape index (κ1) is 17.7. The Morgan fingerprint density at radius 1 is 0.923 bits per heavy atom. The Hall–Kier alpha value is -3.15. The lowest BCUT2D eigenvalue weighted by Crippen LogP contribution is -2.00. The van der Waals surface area contributed by atoms with Gasteiger partial charge in [-0.3, -0.25) is 4.68 Å². The van der Waals surface area contributed by atoms with Crippen molar-refractivity contribution in [2.24, 2.45) is 0 Å². The van der Waals surface area contributed by atoms with Gasteiger partial charge in [-0.05, 0) is 49.4 Å². The molecule has 0 atom stereocenters. The van der Waals surface area contributed by atoms with Crippen molar-refractivity contribution >= 4 is 0 Å². The SMILES string of the molecule is CCn1nc(-c2cc(OC)ccc2O)cc1-c1ccc(OC)c(OC)c1. The summed E-state index contributed by atoms with van der Waals surface area (Å²) in [6, 6.07) is 12.8. The predicted molar refractivity (Wildman–Crippen MR) is 100 cm³/mol. The van der Waals surface area contributed by atoms with Gasteiger partial charge in [-0.2, -0.15) is 5.10 Å². The van der Waals surface area contributed by atoms with Crippen LogP contribution in [0.5, 0.6) is 23.0 Å². The highest BCUT2D eigenvalue weighted by atomic mass is 16.5. The zero-order chi connectivity index (χ0) is 18.7. The standard InChI is InChI=1S/C20H22N2O4/c1-5-22-17(13-6-9-19(25-3)20(10-13)26-4)12-16(21-22)15-11-14(24-2)7-8-18(15)23/h6-12,23H,5H2,1-4H3. The minimum atomic E-state index is 0.158. The first-order chi connectivity index (χ1) is 12.6. The Kier molecular flexibility index (Phi) is 5.02. The molecule has 0 saturated carbocycles. The summed E-state index contributed by atoms with van der Waals surface area (Å²) in [6.07, 6.45) is 0. The molecule has 136 valence electrons. The molecule has 0 unspecified atom stereocenters. The van der Waals surface area contributed by atoms with Crippen molar-refractivity contribution in [2.45, 2.75) is 13.5 Å². The molecule has 1 N–H and O–H groups in total. The fourth-order valence-corrected chi connectivity index (χ4v) is 2.86. The number of hydrogen-bond donors (Lipinski definition) is 1. The monoisotopic (exact) mass is 354 g/mol. The van der Waals surface area contributed by atoms with Gasteiger partial charge in [0.2, 0.25) is 0 Å². The average Bonchev–Trinajstić information content (AvgIpc) is 3.12. The summed E-state index contributed by atoms with van der Waals surface area (Å²) in [5.74, 6) is 2.14. The molecule has 0 aliphatic heterocycles. The minimum absolute atomic E-state index is 0.158. The van der Waals surface area contributed by atoms with Crippen molar-refractivity contribution in [3.05, 3.63) is 42.5 Å². The Morgan fingerprint density at radius 2 is 1.69 bits per heavy atom. The molecule has 0 fully saturated rings. The normalized spacial score (nSPS) is 10.6. The van der Waals surface area contributed by atoms with Crippen LogP contribution in [-0.2, 0) is 6.54 Å². The number of benzene rings is 2. The van der Waals surface area contributed by atoms with Crippen LogP contribution in [0.2, 0.25) is 0 Å². The minimum Gasteiger partial charge on any atom is -0.507 e. The highest BCUT2D eigenvalue weighted by Gasteiger charge is 2.16. The molecule has 1 aromatic heterocycles. The van der Waals surface area contributed by atoms with Gasteiger partial charge in [0.05, 0.1) is 32.7 Å². The summed E-state index contributed by atoms with van der Waals surface area (Å²) in [6.45, 7) is 2.71. The number of phenolic OH excluding ortho intramolecular Hbond substituents is 1. The molecule has 1 heterocycles. The summed E-state index contributed by atoms with van der Waals surface area (Å²) in [4.78, 5) is 0. The zero-order valence-corrected chi connectivity index (χ0v) is 15.3. The van der Waals surface area contributed by atoms with E-state index in [0.717, 1.165) is 11.3 Å². The molecule has 2 aromatic carbocycles. The van der Waals surface area contributed by atoms with Crippen LogP contribution in [0.25, 0.3) is 22.5 Å². The molecule has 3 aromatic rings. The van der Waals surface area contributed by atoms with Crippen molar-refractivity contribution in [3.8, 4) is 45.5 Å². The lowest BCUT2D eigenvalue weighted by molar-refractivity contribution is 0.355. The largest absolute Gasteiger partial charge is 0.507 e. The van der Waals surface area contributed by atoms with Crippen molar-refractivity contribution < 1.29 is 19.3 Å². The van der Waals surface area contributed by atoms with Crippen LogP contribution in [0.15, 0.2) is 42.5 Å².